The molecule has 0 atom stereocenters. The molecule has 2 aromatic carbocycles. The van der Waals surface area contributed by atoms with Gasteiger partial charge in [-0.25, -0.2) is 10.8 Å². The largest absolute Gasteiger partial charge is 0.403 e. The van der Waals surface area contributed by atoms with Crippen molar-refractivity contribution in [2.24, 2.45) is 11.6 Å². The lowest BCUT2D eigenvalue weighted by Crippen LogP contribution is -2.26. The molecule has 1 heterocycles. The van der Waals surface area contributed by atoms with Crippen LogP contribution in [0.4, 0.5) is 5.69 Å². The maximum absolute atomic E-state index is 13.1. The first-order chi connectivity index (χ1) is 15.0. The summed E-state index contributed by atoms with van der Waals surface area (Å²) in [5.74, 6) is 5.18. The van der Waals surface area contributed by atoms with Gasteiger partial charge in [-0.3, -0.25) is 9.59 Å². The molecular formula is C23H24N6O2. The van der Waals surface area contributed by atoms with Crippen molar-refractivity contribution in [3.05, 3.63) is 96.6 Å². The Kier molecular flexibility index (Phi) is 6.97. The Bertz CT molecular complexity index is 1140. The summed E-state index contributed by atoms with van der Waals surface area (Å²) in [5.41, 5.74) is 7.27. The number of hydrazine groups is 1. The fraction of sp³-hybridized carbons (Fsp3) is 0.0870. The minimum Gasteiger partial charge on any atom is -0.403 e. The predicted octanol–water partition coefficient (Wildman–Crippen LogP) is 2.51. The van der Waals surface area contributed by atoms with Crippen LogP contribution in [-0.2, 0) is 6.54 Å². The van der Waals surface area contributed by atoms with Gasteiger partial charge in [0.15, 0.2) is 5.69 Å². The van der Waals surface area contributed by atoms with Crippen LogP contribution >= 0.6 is 0 Å². The molecular weight excluding hydrogens is 392 g/mol. The number of amides is 2. The van der Waals surface area contributed by atoms with Gasteiger partial charge < -0.3 is 21.4 Å². The summed E-state index contributed by atoms with van der Waals surface area (Å²) in [4.78, 5) is 29.6. The average Bonchev–Trinajstić information content (AvgIpc) is 2.78. The van der Waals surface area contributed by atoms with E-state index in [0.717, 1.165) is 16.3 Å². The number of carbonyl (C=O) groups excluding carboxylic acids is 2. The van der Waals surface area contributed by atoms with E-state index < -0.39 is 5.91 Å². The monoisotopic (exact) mass is 416 g/mol. The van der Waals surface area contributed by atoms with E-state index in [1.54, 1.807) is 30.5 Å². The summed E-state index contributed by atoms with van der Waals surface area (Å²) in [6.45, 7) is 4.30. The molecule has 0 bridgehead atoms. The number of carbonyl (C=O) groups is 2. The molecule has 8 nitrogen and oxygen atoms in total. The van der Waals surface area contributed by atoms with Crippen LogP contribution in [0.2, 0.25) is 0 Å². The quantitative estimate of drug-likeness (QED) is 0.254. The van der Waals surface area contributed by atoms with Gasteiger partial charge in [-0.05, 0) is 34.5 Å². The first-order valence-corrected chi connectivity index (χ1v) is 9.61. The minimum atomic E-state index is -0.396. The van der Waals surface area contributed by atoms with Gasteiger partial charge in [0.05, 0.1) is 12.2 Å². The minimum absolute atomic E-state index is 0.131. The molecule has 8 heteroatoms. The molecule has 3 rings (SSSR count). The molecule has 0 radical (unpaired) electrons. The number of pyridine rings is 1. The van der Waals surface area contributed by atoms with Crippen LogP contribution in [0, 0.1) is 0 Å². The average molecular weight is 416 g/mol. The Morgan fingerprint density at radius 2 is 1.84 bits per heavy atom. The number of aromatic nitrogens is 1. The van der Waals surface area contributed by atoms with Crippen LogP contribution in [0.15, 0.2) is 79.8 Å². The third-order valence-corrected chi connectivity index (χ3v) is 4.57. The fourth-order valence-electron chi connectivity index (χ4n) is 3.18. The molecule has 0 spiro atoms. The fourth-order valence-corrected chi connectivity index (χ4v) is 3.18. The summed E-state index contributed by atoms with van der Waals surface area (Å²) in [6.07, 6.45) is 5.99. The lowest BCUT2D eigenvalue weighted by Gasteiger charge is -2.17. The van der Waals surface area contributed by atoms with Crippen LogP contribution in [0.5, 0.6) is 0 Å². The highest BCUT2D eigenvalue weighted by Crippen LogP contribution is 2.25. The lowest BCUT2D eigenvalue weighted by atomic mass is 9.98. The number of hydrogen-bond donors (Lipinski definition) is 4. The van der Waals surface area contributed by atoms with Gasteiger partial charge in [0.2, 0.25) is 0 Å². The van der Waals surface area contributed by atoms with E-state index in [2.05, 4.69) is 22.2 Å². The first kappa shape index (κ1) is 21.5. The second-order valence-corrected chi connectivity index (χ2v) is 6.68. The molecule has 2 amide bonds. The van der Waals surface area contributed by atoms with Crippen molar-refractivity contribution in [2.45, 2.75) is 6.54 Å². The zero-order chi connectivity index (χ0) is 22.2. The maximum Gasteiger partial charge on any atom is 0.272 e. The third-order valence-electron chi connectivity index (χ3n) is 4.57. The molecule has 0 unspecified atom stereocenters. The number of fused-ring (bicyclic) bond motifs is 1. The van der Waals surface area contributed by atoms with E-state index in [1.165, 1.54) is 17.4 Å². The highest BCUT2D eigenvalue weighted by molar-refractivity contribution is 6.15. The number of rotatable bonds is 8. The third kappa shape index (κ3) is 5.06. The number of benzene rings is 2. The highest BCUT2D eigenvalue weighted by atomic mass is 16.2. The molecule has 0 aliphatic rings. The number of nitrogens with two attached hydrogens (primary N) is 2. The second kappa shape index (κ2) is 10.0. The van der Waals surface area contributed by atoms with Crippen molar-refractivity contribution >= 4 is 28.3 Å². The Labute approximate surface area is 180 Å². The predicted molar refractivity (Wildman–Crippen MR) is 122 cm³/mol. The normalized spacial score (nSPS) is 10.7. The van der Waals surface area contributed by atoms with Crippen LogP contribution in [-0.4, -0.2) is 28.4 Å². The number of anilines is 1. The zero-order valence-electron chi connectivity index (χ0n) is 16.9. The summed E-state index contributed by atoms with van der Waals surface area (Å²) in [5, 5.41) is 8.60. The number of nitrogens with zero attached hydrogens (tertiary/aromatic N) is 2. The molecule has 6 N–H and O–H groups in total. The summed E-state index contributed by atoms with van der Waals surface area (Å²) in [7, 11) is 0. The van der Waals surface area contributed by atoms with E-state index in [4.69, 9.17) is 11.6 Å². The van der Waals surface area contributed by atoms with E-state index in [1.807, 2.05) is 30.3 Å². The van der Waals surface area contributed by atoms with Crippen molar-refractivity contribution in [1.82, 2.24) is 15.3 Å². The van der Waals surface area contributed by atoms with E-state index in [9.17, 15) is 9.59 Å². The maximum atomic E-state index is 13.1. The van der Waals surface area contributed by atoms with Crippen molar-refractivity contribution in [2.75, 3.05) is 11.9 Å². The van der Waals surface area contributed by atoms with Gasteiger partial charge in [0.25, 0.3) is 11.8 Å². The lowest BCUT2D eigenvalue weighted by molar-refractivity contribution is 0.0954. The zero-order valence-corrected chi connectivity index (χ0v) is 16.9. The van der Waals surface area contributed by atoms with Crippen molar-refractivity contribution in [3.8, 4) is 0 Å². The molecule has 0 aliphatic heterocycles. The Balaban J connectivity index is 1.93. The van der Waals surface area contributed by atoms with Crippen molar-refractivity contribution in [3.63, 3.8) is 0 Å². The summed E-state index contributed by atoms with van der Waals surface area (Å²) in [6, 6.07) is 14.4. The van der Waals surface area contributed by atoms with Gasteiger partial charge in [-0.1, -0.05) is 36.4 Å². The number of nitrogens with one attached hydrogen (secondary N) is 2. The van der Waals surface area contributed by atoms with Gasteiger partial charge in [-0.2, -0.15) is 0 Å². The Hall–Kier alpha value is -4.17. The van der Waals surface area contributed by atoms with E-state index in [-0.39, 0.29) is 11.6 Å². The summed E-state index contributed by atoms with van der Waals surface area (Å²) >= 11 is 0. The van der Waals surface area contributed by atoms with Crippen molar-refractivity contribution in [1.29, 1.82) is 0 Å². The van der Waals surface area contributed by atoms with Crippen LogP contribution in [0.1, 0.15) is 26.4 Å². The molecule has 158 valence electrons. The Morgan fingerprint density at radius 1 is 1.06 bits per heavy atom. The van der Waals surface area contributed by atoms with E-state index >= 15 is 0 Å². The molecule has 3 aromatic rings. The molecule has 0 saturated heterocycles. The van der Waals surface area contributed by atoms with Gasteiger partial charge in [0, 0.05) is 30.7 Å². The Morgan fingerprint density at radius 3 is 2.58 bits per heavy atom. The van der Waals surface area contributed by atoms with Crippen LogP contribution in [0.3, 0.4) is 0 Å². The van der Waals surface area contributed by atoms with Crippen LogP contribution < -0.4 is 22.2 Å². The molecule has 0 fully saturated rings. The van der Waals surface area contributed by atoms with Gasteiger partial charge >= 0.3 is 0 Å². The highest BCUT2D eigenvalue weighted by Gasteiger charge is 2.17. The molecule has 1 aromatic heterocycles. The SMILES string of the molecule is C=CCNC(=O)c1ncccc1NC(=O)c1ccc(CN(N)/C=C\N)c2ccccc12. The van der Waals surface area contributed by atoms with Gasteiger partial charge in [-0.15, -0.1) is 6.58 Å². The summed E-state index contributed by atoms with van der Waals surface area (Å²) < 4.78 is 0. The number of hydrogen-bond acceptors (Lipinski definition) is 6. The second-order valence-electron chi connectivity index (χ2n) is 6.68. The van der Waals surface area contributed by atoms with Gasteiger partial charge in [0.1, 0.15) is 0 Å². The van der Waals surface area contributed by atoms with Crippen LogP contribution in [0.25, 0.3) is 10.8 Å². The molecule has 0 aliphatic carbocycles. The molecule has 31 heavy (non-hydrogen) atoms. The standard InChI is InChI=1S/C23H24N6O2/c1-2-12-27-23(31)21-20(8-5-13-26-21)28-22(30)19-10-9-16(15-29(25)14-11-24)17-6-3-4-7-18(17)19/h2-11,13-14H,1,12,15,24-25H2,(H,27,31)(H,28,30)/b14-11-. The topological polar surface area (TPSA) is 126 Å². The van der Waals surface area contributed by atoms with Crippen molar-refractivity contribution < 1.29 is 9.59 Å². The smallest absolute Gasteiger partial charge is 0.272 e. The van der Waals surface area contributed by atoms with E-state index in [0.29, 0.717) is 24.3 Å². The first-order valence-electron chi connectivity index (χ1n) is 9.61. The molecule has 0 saturated carbocycles.